The van der Waals surface area contributed by atoms with Crippen molar-refractivity contribution in [1.29, 1.82) is 0 Å². The molecular formula is C16H10BF10N. The van der Waals surface area contributed by atoms with Crippen LogP contribution in [0.5, 0.6) is 0 Å². The van der Waals surface area contributed by atoms with Crippen LogP contribution in [-0.4, -0.2) is 24.7 Å². The van der Waals surface area contributed by atoms with E-state index in [9.17, 15) is 43.9 Å². The lowest BCUT2D eigenvalue weighted by atomic mass is 9.48. The van der Waals surface area contributed by atoms with Crippen LogP contribution in [0.25, 0.3) is 0 Å². The second-order valence-corrected chi connectivity index (χ2v) is 5.59. The molecule has 12 heteroatoms. The van der Waals surface area contributed by atoms with Crippen LogP contribution in [0.4, 0.5) is 43.9 Å². The summed E-state index contributed by atoms with van der Waals surface area (Å²) in [6, 6.07) is 0. The van der Waals surface area contributed by atoms with Gasteiger partial charge in [0, 0.05) is 10.9 Å². The van der Waals surface area contributed by atoms with E-state index in [1.54, 1.807) is 0 Å². The van der Waals surface area contributed by atoms with Crippen LogP contribution in [0.3, 0.4) is 0 Å². The highest BCUT2D eigenvalue weighted by Crippen LogP contribution is 2.21. The van der Waals surface area contributed by atoms with Crippen molar-refractivity contribution < 1.29 is 43.9 Å². The Balaban J connectivity index is 3.01. The zero-order valence-corrected chi connectivity index (χ0v) is 14.2. The minimum atomic E-state index is -2.53. The van der Waals surface area contributed by atoms with Gasteiger partial charge in [0.15, 0.2) is 58.2 Å². The highest BCUT2D eigenvalue weighted by Gasteiger charge is 2.42. The van der Waals surface area contributed by atoms with Crippen molar-refractivity contribution in [2.45, 2.75) is 13.8 Å². The van der Waals surface area contributed by atoms with Gasteiger partial charge in [-0.25, -0.2) is 43.9 Å². The summed E-state index contributed by atoms with van der Waals surface area (Å²) in [5.41, 5.74) is -3.47. The molecule has 0 aliphatic heterocycles. The number of hydrogen-bond acceptors (Lipinski definition) is 1. The van der Waals surface area contributed by atoms with Gasteiger partial charge in [-0.15, -0.1) is 0 Å². The third kappa shape index (κ3) is 3.23. The van der Waals surface area contributed by atoms with Gasteiger partial charge < -0.3 is 4.81 Å². The van der Waals surface area contributed by atoms with Gasteiger partial charge in [0.1, 0.15) is 0 Å². The molecule has 1 nitrogen and oxygen atoms in total. The van der Waals surface area contributed by atoms with E-state index in [0.29, 0.717) is 0 Å². The summed E-state index contributed by atoms with van der Waals surface area (Å²) >= 11 is 0. The fourth-order valence-corrected chi connectivity index (χ4v) is 2.82. The molecule has 2 rings (SSSR count). The fraction of sp³-hybridized carbons (Fsp3) is 0.250. The van der Waals surface area contributed by atoms with Crippen molar-refractivity contribution in [2.24, 2.45) is 0 Å². The van der Waals surface area contributed by atoms with Crippen LogP contribution in [0.1, 0.15) is 13.8 Å². The Hall–Kier alpha value is -2.24. The highest BCUT2D eigenvalue weighted by atomic mass is 19.2. The van der Waals surface area contributed by atoms with E-state index in [-0.39, 0.29) is 13.1 Å². The van der Waals surface area contributed by atoms with Crippen molar-refractivity contribution >= 4 is 17.8 Å². The first-order chi connectivity index (χ1) is 13.0. The van der Waals surface area contributed by atoms with Crippen LogP contribution < -0.4 is 10.9 Å². The van der Waals surface area contributed by atoms with E-state index in [2.05, 4.69) is 0 Å². The molecule has 0 fully saturated rings. The van der Waals surface area contributed by atoms with Gasteiger partial charge in [0.25, 0.3) is 0 Å². The fourth-order valence-electron chi connectivity index (χ4n) is 2.82. The van der Waals surface area contributed by atoms with Crippen LogP contribution in [0.2, 0.25) is 0 Å². The maximum atomic E-state index is 14.3. The minimum Gasteiger partial charge on any atom is -0.334 e. The molecule has 0 saturated carbocycles. The van der Waals surface area contributed by atoms with Gasteiger partial charge in [0.2, 0.25) is 0 Å². The predicted molar refractivity (Wildman–Crippen MR) is 80.4 cm³/mol. The molecule has 0 N–H and O–H groups in total. The maximum absolute atomic E-state index is 14.3. The smallest absolute Gasteiger partial charge is 0.305 e. The quantitative estimate of drug-likeness (QED) is 0.312. The Morgan fingerprint density at radius 1 is 0.464 bits per heavy atom. The molecule has 0 heterocycles. The molecular weight excluding hydrogens is 407 g/mol. The Bertz CT molecular complexity index is 801. The number of benzene rings is 2. The normalized spacial score (nSPS) is 11.5. The van der Waals surface area contributed by atoms with Gasteiger partial charge in [-0.1, -0.05) is 13.8 Å². The third-order valence-electron chi connectivity index (χ3n) is 4.21. The topological polar surface area (TPSA) is 3.24 Å². The van der Waals surface area contributed by atoms with Crippen LogP contribution >= 0.6 is 0 Å². The lowest BCUT2D eigenvalue weighted by Crippen LogP contribution is -2.61. The lowest BCUT2D eigenvalue weighted by Gasteiger charge is -2.29. The summed E-state index contributed by atoms with van der Waals surface area (Å²) < 4.78 is 138. The Labute approximate surface area is 152 Å². The molecule has 0 aliphatic rings. The average Bonchev–Trinajstić information content (AvgIpc) is 2.68. The van der Waals surface area contributed by atoms with Crippen molar-refractivity contribution in [3.05, 3.63) is 58.2 Å². The van der Waals surface area contributed by atoms with E-state index < -0.39 is 75.9 Å². The summed E-state index contributed by atoms with van der Waals surface area (Å²) in [7, 11) is 0. The highest BCUT2D eigenvalue weighted by molar-refractivity contribution is 6.83. The second kappa shape index (κ2) is 8.02. The molecule has 2 aromatic carbocycles. The summed E-state index contributed by atoms with van der Waals surface area (Å²) in [5.74, 6) is -24.5. The van der Waals surface area contributed by atoms with Gasteiger partial charge >= 0.3 is 6.85 Å². The van der Waals surface area contributed by atoms with Crippen molar-refractivity contribution in [3.63, 3.8) is 0 Å². The van der Waals surface area contributed by atoms with Crippen LogP contribution in [0.15, 0.2) is 0 Å². The summed E-state index contributed by atoms with van der Waals surface area (Å²) in [6.07, 6.45) is 0. The van der Waals surface area contributed by atoms with Crippen molar-refractivity contribution in [1.82, 2.24) is 4.81 Å². The van der Waals surface area contributed by atoms with Gasteiger partial charge in [0.05, 0.1) is 0 Å². The molecule has 2 aromatic rings. The Kier molecular flexibility index (Phi) is 6.32. The zero-order valence-electron chi connectivity index (χ0n) is 14.2. The van der Waals surface area contributed by atoms with E-state index in [1.807, 2.05) is 0 Å². The number of rotatable bonds is 5. The summed E-state index contributed by atoms with van der Waals surface area (Å²) in [5, 5.41) is 0. The molecule has 0 spiro atoms. The largest absolute Gasteiger partial charge is 0.334 e. The van der Waals surface area contributed by atoms with Crippen LogP contribution in [-0.2, 0) is 0 Å². The SMILES string of the molecule is CCN(CC)B(c1c(F)c(F)c(F)c(F)c1F)c1c(F)c(F)c(F)c(F)c1F. The molecule has 0 atom stereocenters. The molecule has 0 aliphatic carbocycles. The first kappa shape index (κ1) is 22.1. The van der Waals surface area contributed by atoms with Gasteiger partial charge in [-0.05, 0) is 13.1 Å². The Morgan fingerprint density at radius 2 is 0.679 bits per heavy atom. The van der Waals surface area contributed by atoms with Gasteiger partial charge in [-0.2, -0.15) is 0 Å². The molecule has 28 heavy (non-hydrogen) atoms. The van der Waals surface area contributed by atoms with Crippen LogP contribution in [0, 0.1) is 58.2 Å². The van der Waals surface area contributed by atoms with Gasteiger partial charge in [-0.3, -0.25) is 0 Å². The molecule has 0 radical (unpaired) electrons. The number of nitrogens with zero attached hydrogens (tertiary/aromatic N) is 1. The second-order valence-electron chi connectivity index (χ2n) is 5.59. The number of halogens is 10. The monoisotopic (exact) mass is 417 g/mol. The first-order valence-electron chi connectivity index (χ1n) is 7.77. The van der Waals surface area contributed by atoms with E-state index in [1.165, 1.54) is 13.8 Å². The third-order valence-corrected chi connectivity index (χ3v) is 4.21. The average molecular weight is 417 g/mol. The standard InChI is InChI=1S/C16H10BF10N/c1-3-28(4-2)17(5-7(18)11(22)15(26)12(23)8(5)19)6-9(20)13(24)16(27)14(25)10(6)21/h3-4H2,1-2H3. The lowest BCUT2D eigenvalue weighted by molar-refractivity contribution is 0.378. The molecule has 0 unspecified atom stereocenters. The minimum absolute atomic E-state index is 0.292. The molecule has 0 bridgehead atoms. The van der Waals surface area contributed by atoms with Crippen molar-refractivity contribution in [3.8, 4) is 0 Å². The number of hydrogen-bond donors (Lipinski definition) is 0. The summed E-state index contributed by atoms with van der Waals surface area (Å²) in [6.45, 7) is -0.493. The first-order valence-corrected chi connectivity index (χ1v) is 7.77. The molecule has 0 aromatic heterocycles. The van der Waals surface area contributed by atoms with E-state index in [4.69, 9.17) is 0 Å². The molecule has 0 saturated heterocycles. The zero-order chi connectivity index (χ0) is 21.5. The molecule has 152 valence electrons. The summed E-state index contributed by atoms with van der Waals surface area (Å²) in [4.78, 5) is 0.774. The van der Waals surface area contributed by atoms with E-state index in [0.717, 1.165) is 4.81 Å². The van der Waals surface area contributed by atoms with Crippen molar-refractivity contribution in [2.75, 3.05) is 13.1 Å². The van der Waals surface area contributed by atoms with E-state index >= 15 is 0 Å². The maximum Gasteiger partial charge on any atom is 0.305 e. The predicted octanol–water partition coefficient (Wildman–Crippen LogP) is 3.53. The Morgan fingerprint density at radius 3 is 0.893 bits per heavy atom. The molecule has 0 amide bonds.